The van der Waals surface area contributed by atoms with E-state index < -0.39 is 0 Å². The zero-order chi connectivity index (χ0) is 16.1. The van der Waals surface area contributed by atoms with E-state index in [1.807, 2.05) is 6.20 Å². The predicted molar refractivity (Wildman–Crippen MR) is 97.0 cm³/mol. The van der Waals surface area contributed by atoms with Crippen LogP contribution in [0.4, 0.5) is 5.82 Å². The summed E-state index contributed by atoms with van der Waals surface area (Å²) in [6, 6.07) is 5.02. The lowest BCUT2D eigenvalue weighted by atomic mass is 9.94. The summed E-state index contributed by atoms with van der Waals surface area (Å²) in [4.78, 5) is 12.4. The van der Waals surface area contributed by atoms with Gasteiger partial charge in [-0.2, -0.15) is 0 Å². The molecule has 0 amide bonds. The van der Waals surface area contributed by atoms with Crippen LogP contribution in [-0.2, 0) is 0 Å². The van der Waals surface area contributed by atoms with E-state index in [9.17, 15) is 0 Å². The fourth-order valence-electron chi connectivity index (χ4n) is 3.92. The third kappa shape index (κ3) is 4.04. The Morgan fingerprint density at radius 1 is 1.13 bits per heavy atom. The minimum atomic E-state index is 0.568. The second-order valence-electron chi connectivity index (χ2n) is 7.11. The van der Waals surface area contributed by atoms with Gasteiger partial charge in [0.15, 0.2) is 0 Å². The van der Waals surface area contributed by atoms with Gasteiger partial charge in [-0.25, -0.2) is 4.98 Å². The summed E-state index contributed by atoms with van der Waals surface area (Å²) >= 11 is 0. The molecule has 2 aliphatic rings. The van der Waals surface area contributed by atoms with E-state index in [-0.39, 0.29) is 0 Å². The number of hydrogen-bond donors (Lipinski definition) is 0. The molecule has 0 bridgehead atoms. The van der Waals surface area contributed by atoms with E-state index in [0.29, 0.717) is 6.04 Å². The largest absolute Gasteiger partial charge is 0.354 e. The number of likely N-dealkylation sites (N-methyl/N-ethyl adjacent to an activating group) is 1. The number of nitrogens with zero attached hydrogens (tertiary/aromatic N) is 4. The molecule has 2 saturated heterocycles. The van der Waals surface area contributed by atoms with Gasteiger partial charge in [-0.1, -0.05) is 25.8 Å². The first-order valence-corrected chi connectivity index (χ1v) is 9.42. The van der Waals surface area contributed by atoms with Crippen molar-refractivity contribution in [2.45, 2.75) is 45.1 Å². The zero-order valence-corrected chi connectivity index (χ0v) is 14.9. The highest BCUT2D eigenvalue weighted by Gasteiger charge is 2.28. The Balaban J connectivity index is 1.80. The minimum Gasteiger partial charge on any atom is -0.354 e. The summed E-state index contributed by atoms with van der Waals surface area (Å²) in [7, 11) is 2.21. The van der Waals surface area contributed by atoms with E-state index in [2.05, 4.69) is 40.8 Å². The summed E-state index contributed by atoms with van der Waals surface area (Å²) < 4.78 is 0. The topological polar surface area (TPSA) is 22.6 Å². The third-order valence-electron chi connectivity index (χ3n) is 5.39. The van der Waals surface area contributed by atoms with Crippen LogP contribution >= 0.6 is 0 Å². The molecule has 0 N–H and O–H groups in total. The van der Waals surface area contributed by atoms with Gasteiger partial charge >= 0.3 is 0 Å². The molecular formula is C19H32N4. The van der Waals surface area contributed by atoms with Crippen molar-refractivity contribution < 1.29 is 0 Å². The van der Waals surface area contributed by atoms with E-state index in [1.54, 1.807) is 0 Å². The second kappa shape index (κ2) is 8.11. The lowest BCUT2D eigenvalue weighted by Gasteiger charge is -2.39. The maximum absolute atomic E-state index is 4.80. The minimum absolute atomic E-state index is 0.568. The summed E-state index contributed by atoms with van der Waals surface area (Å²) in [5.41, 5.74) is 1.47. The van der Waals surface area contributed by atoms with Gasteiger partial charge in [0.05, 0.1) is 0 Å². The summed E-state index contributed by atoms with van der Waals surface area (Å²) in [6.07, 6.45) is 8.55. The van der Waals surface area contributed by atoms with Crippen molar-refractivity contribution in [2.75, 3.05) is 51.2 Å². The Bertz CT molecular complexity index is 482. The van der Waals surface area contributed by atoms with Gasteiger partial charge < -0.3 is 9.80 Å². The van der Waals surface area contributed by atoms with Crippen molar-refractivity contribution in [3.63, 3.8) is 0 Å². The molecule has 4 nitrogen and oxygen atoms in total. The number of hydrogen-bond acceptors (Lipinski definition) is 4. The number of piperazine rings is 1. The maximum atomic E-state index is 4.80. The van der Waals surface area contributed by atoms with Gasteiger partial charge in [0, 0.05) is 44.0 Å². The Morgan fingerprint density at radius 3 is 2.74 bits per heavy atom. The molecular weight excluding hydrogens is 284 g/mol. The van der Waals surface area contributed by atoms with Crippen molar-refractivity contribution in [3.8, 4) is 0 Å². The van der Waals surface area contributed by atoms with E-state index in [0.717, 1.165) is 26.2 Å². The van der Waals surface area contributed by atoms with Crippen LogP contribution in [0, 0.1) is 0 Å². The van der Waals surface area contributed by atoms with Crippen molar-refractivity contribution in [1.29, 1.82) is 0 Å². The number of likely N-dealkylation sites (tertiary alicyclic amines) is 1. The quantitative estimate of drug-likeness (QED) is 0.832. The van der Waals surface area contributed by atoms with Crippen LogP contribution in [-0.4, -0.2) is 61.1 Å². The molecule has 0 radical (unpaired) electrons. The monoisotopic (exact) mass is 316 g/mol. The molecule has 1 aromatic rings. The Morgan fingerprint density at radius 2 is 1.96 bits per heavy atom. The number of rotatable bonds is 5. The lowest BCUT2D eigenvalue weighted by Crippen LogP contribution is -2.45. The van der Waals surface area contributed by atoms with E-state index >= 15 is 0 Å². The summed E-state index contributed by atoms with van der Waals surface area (Å²) in [5.74, 6) is 1.24. The van der Waals surface area contributed by atoms with Crippen LogP contribution < -0.4 is 4.90 Å². The molecule has 0 saturated carbocycles. The van der Waals surface area contributed by atoms with Gasteiger partial charge in [-0.05, 0) is 45.5 Å². The second-order valence-corrected chi connectivity index (χ2v) is 7.11. The zero-order valence-electron chi connectivity index (χ0n) is 14.9. The SMILES string of the molecule is CCCCN1CCCC[C@H]1c1cccnc1N1CCN(C)CC1. The molecule has 0 spiro atoms. The van der Waals surface area contributed by atoms with Crippen molar-refractivity contribution in [2.24, 2.45) is 0 Å². The van der Waals surface area contributed by atoms with Crippen LogP contribution in [0.15, 0.2) is 18.3 Å². The average molecular weight is 316 g/mol. The van der Waals surface area contributed by atoms with Gasteiger partial charge in [0.1, 0.15) is 5.82 Å². The molecule has 128 valence electrons. The molecule has 3 heterocycles. The molecule has 4 heteroatoms. The first kappa shape index (κ1) is 16.7. The highest BCUT2D eigenvalue weighted by Crippen LogP contribution is 2.35. The van der Waals surface area contributed by atoms with Crippen LogP contribution in [0.1, 0.15) is 50.6 Å². The molecule has 0 aliphatic carbocycles. The van der Waals surface area contributed by atoms with Crippen LogP contribution in [0.5, 0.6) is 0 Å². The van der Waals surface area contributed by atoms with Crippen molar-refractivity contribution >= 4 is 5.82 Å². The number of unbranched alkanes of at least 4 members (excludes halogenated alkanes) is 1. The highest BCUT2D eigenvalue weighted by atomic mass is 15.3. The fourth-order valence-corrected chi connectivity index (χ4v) is 3.92. The Labute approximate surface area is 141 Å². The first-order chi connectivity index (χ1) is 11.3. The maximum Gasteiger partial charge on any atom is 0.133 e. The smallest absolute Gasteiger partial charge is 0.133 e. The lowest BCUT2D eigenvalue weighted by molar-refractivity contribution is 0.146. The van der Waals surface area contributed by atoms with Crippen LogP contribution in [0.25, 0.3) is 0 Å². The number of aromatic nitrogens is 1. The summed E-state index contributed by atoms with van der Waals surface area (Å²) in [6.45, 7) is 9.25. The molecule has 2 aliphatic heterocycles. The molecule has 0 unspecified atom stereocenters. The van der Waals surface area contributed by atoms with Gasteiger partial charge in [-0.15, -0.1) is 0 Å². The number of anilines is 1. The molecule has 1 atom stereocenters. The number of piperidine rings is 1. The number of pyridine rings is 1. The van der Waals surface area contributed by atoms with Gasteiger partial charge in [0.25, 0.3) is 0 Å². The van der Waals surface area contributed by atoms with E-state index in [4.69, 9.17) is 4.98 Å². The molecule has 0 aromatic carbocycles. The predicted octanol–water partition coefficient (Wildman–Crippen LogP) is 3.16. The van der Waals surface area contributed by atoms with Gasteiger partial charge in [-0.3, -0.25) is 4.90 Å². The normalized spacial score (nSPS) is 24.1. The first-order valence-electron chi connectivity index (χ1n) is 9.42. The van der Waals surface area contributed by atoms with E-state index in [1.165, 1.54) is 56.6 Å². The molecule has 2 fully saturated rings. The standard InChI is InChI=1S/C19H32N4/c1-3-4-11-22-12-6-5-9-18(22)17-8-7-10-20-19(17)23-15-13-21(2)14-16-23/h7-8,10,18H,3-6,9,11-16H2,1-2H3/t18-/m0/s1. The van der Waals surface area contributed by atoms with Crippen LogP contribution in [0.3, 0.4) is 0 Å². The fraction of sp³-hybridized carbons (Fsp3) is 0.737. The Hall–Kier alpha value is -1.13. The average Bonchev–Trinajstić information content (AvgIpc) is 2.61. The van der Waals surface area contributed by atoms with Crippen LogP contribution in [0.2, 0.25) is 0 Å². The molecule has 23 heavy (non-hydrogen) atoms. The molecule has 1 aromatic heterocycles. The summed E-state index contributed by atoms with van der Waals surface area (Å²) in [5, 5.41) is 0. The molecule has 3 rings (SSSR count). The highest BCUT2D eigenvalue weighted by molar-refractivity contribution is 5.49. The van der Waals surface area contributed by atoms with Crippen molar-refractivity contribution in [3.05, 3.63) is 23.9 Å². The van der Waals surface area contributed by atoms with Gasteiger partial charge in [0.2, 0.25) is 0 Å². The van der Waals surface area contributed by atoms with Crippen molar-refractivity contribution in [1.82, 2.24) is 14.8 Å². The third-order valence-corrected chi connectivity index (χ3v) is 5.39. The Kier molecular flexibility index (Phi) is 5.90.